The van der Waals surface area contributed by atoms with Crippen molar-refractivity contribution < 1.29 is 19.4 Å². The fourth-order valence-corrected chi connectivity index (χ4v) is 6.91. The first-order valence-electron chi connectivity index (χ1n) is 13.1. The van der Waals surface area contributed by atoms with Gasteiger partial charge in [0.1, 0.15) is 17.6 Å². The maximum atomic E-state index is 13.5. The summed E-state index contributed by atoms with van der Waals surface area (Å²) >= 11 is 2.78. The van der Waals surface area contributed by atoms with E-state index in [1.807, 2.05) is 67.6 Å². The van der Waals surface area contributed by atoms with Crippen LogP contribution in [-0.4, -0.2) is 33.1 Å². The van der Waals surface area contributed by atoms with E-state index < -0.39 is 17.7 Å². The van der Waals surface area contributed by atoms with Crippen LogP contribution in [0.1, 0.15) is 47.7 Å². The van der Waals surface area contributed by atoms with Crippen LogP contribution >= 0.6 is 23.1 Å². The van der Waals surface area contributed by atoms with Gasteiger partial charge >= 0.3 is 5.91 Å². The number of ketones is 1. The first-order valence-corrected chi connectivity index (χ1v) is 14.9. The van der Waals surface area contributed by atoms with Crippen molar-refractivity contribution in [3.8, 4) is 5.75 Å². The molecule has 1 fully saturated rings. The van der Waals surface area contributed by atoms with Gasteiger partial charge in [-0.25, -0.2) is 0 Å². The number of benzene rings is 3. The summed E-state index contributed by atoms with van der Waals surface area (Å²) < 4.78 is 6.49. The molecule has 6 rings (SSSR count). The molecule has 3 aromatic carbocycles. The average Bonchev–Trinajstić information content (AvgIpc) is 3.67. The topological polar surface area (TPSA) is 92.6 Å². The summed E-state index contributed by atoms with van der Waals surface area (Å²) in [5, 5.41) is 20.4. The Morgan fingerprint density at radius 1 is 1.05 bits per heavy atom. The van der Waals surface area contributed by atoms with E-state index in [4.69, 9.17) is 4.74 Å². The van der Waals surface area contributed by atoms with Gasteiger partial charge in [-0.3, -0.25) is 14.5 Å². The molecule has 1 amide bonds. The molecule has 2 unspecified atom stereocenters. The third-order valence-corrected chi connectivity index (χ3v) is 9.25. The summed E-state index contributed by atoms with van der Waals surface area (Å²) in [4.78, 5) is 28.4. The second kappa shape index (κ2) is 10.9. The number of aromatic nitrogens is 2. The first kappa shape index (κ1) is 26.3. The number of thioether (sulfide) groups is 1. The Bertz CT molecular complexity index is 1620. The van der Waals surface area contributed by atoms with Crippen molar-refractivity contribution in [1.29, 1.82) is 0 Å². The van der Waals surface area contributed by atoms with Crippen LogP contribution in [0, 0.1) is 0 Å². The molecule has 7 nitrogen and oxygen atoms in total. The van der Waals surface area contributed by atoms with Gasteiger partial charge in [0.25, 0.3) is 5.78 Å². The summed E-state index contributed by atoms with van der Waals surface area (Å²) in [7, 11) is 0. The Kier molecular flexibility index (Phi) is 7.16. The first-order chi connectivity index (χ1) is 19.4. The zero-order valence-electron chi connectivity index (χ0n) is 22.0. The monoisotopic (exact) mass is 569 g/mol. The minimum absolute atomic E-state index is 0.0369. The second-order valence-electron chi connectivity index (χ2n) is 9.84. The number of nitrogens with zero attached hydrogens (tertiary/aromatic N) is 3. The van der Waals surface area contributed by atoms with Crippen LogP contribution in [-0.2, 0) is 28.2 Å². The Morgan fingerprint density at radius 3 is 2.58 bits per heavy atom. The van der Waals surface area contributed by atoms with E-state index in [1.54, 1.807) is 12.1 Å². The van der Waals surface area contributed by atoms with E-state index in [-0.39, 0.29) is 17.4 Å². The maximum Gasteiger partial charge on any atom is 0.301 e. The lowest BCUT2D eigenvalue weighted by Crippen LogP contribution is -2.29. The van der Waals surface area contributed by atoms with E-state index in [9.17, 15) is 14.7 Å². The number of ether oxygens (including phenoxy) is 1. The number of Topliss-reactive ketones (excluding diaryl/α,β-unsaturated/α-hetero) is 1. The average molecular weight is 570 g/mol. The van der Waals surface area contributed by atoms with Crippen molar-refractivity contribution in [3.05, 3.63) is 106 Å². The number of aliphatic hydroxyl groups is 1. The van der Waals surface area contributed by atoms with Gasteiger partial charge in [-0.1, -0.05) is 84.6 Å². The number of carbonyl (C=O) groups excluding carboxylic acids is 2. The Hall–Kier alpha value is -3.95. The number of anilines is 1. The van der Waals surface area contributed by atoms with Crippen LogP contribution in [0.4, 0.5) is 5.13 Å². The molecule has 40 heavy (non-hydrogen) atoms. The summed E-state index contributed by atoms with van der Waals surface area (Å²) in [6.07, 6.45) is 1.61. The number of aliphatic hydroxyl groups excluding tert-OH is 1. The van der Waals surface area contributed by atoms with Gasteiger partial charge in [0.2, 0.25) is 5.13 Å². The van der Waals surface area contributed by atoms with Crippen molar-refractivity contribution in [2.24, 2.45) is 0 Å². The lowest BCUT2D eigenvalue weighted by molar-refractivity contribution is -0.132. The standard InChI is InChI=1S/C31H27N3O4S2/c1-3-19-9-11-21(12-10-19)26-25(27(35)22-13-14-24-23(16-22)15-18(2)38-24)28(36)29(37)34(26)30-32-33-31(40-30)39-17-20-7-5-4-6-8-20/h4-14,16,18,26,35H,3,15,17H2,1-2H3/b27-25+. The molecule has 2 aliphatic heterocycles. The lowest BCUT2D eigenvalue weighted by Gasteiger charge is -2.22. The predicted octanol–water partition coefficient (Wildman–Crippen LogP) is 6.34. The van der Waals surface area contributed by atoms with Crippen molar-refractivity contribution in [2.45, 2.75) is 48.9 Å². The highest BCUT2D eigenvalue weighted by molar-refractivity contribution is 8.00. The van der Waals surface area contributed by atoms with Crippen LogP contribution in [0.3, 0.4) is 0 Å². The molecule has 0 radical (unpaired) electrons. The number of hydrogen-bond acceptors (Lipinski definition) is 8. The highest BCUT2D eigenvalue weighted by Gasteiger charge is 2.48. The van der Waals surface area contributed by atoms with Gasteiger partial charge in [0.05, 0.1) is 11.6 Å². The van der Waals surface area contributed by atoms with Crippen LogP contribution in [0.2, 0.25) is 0 Å². The lowest BCUT2D eigenvalue weighted by atomic mass is 9.94. The van der Waals surface area contributed by atoms with Crippen LogP contribution in [0.25, 0.3) is 5.76 Å². The van der Waals surface area contributed by atoms with E-state index in [1.165, 1.54) is 28.0 Å². The van der Waals surface area contributed by atoms with E-state index >= 15 is 0 Å². The number of hydrogen-bond donors (Lipinski definition) is 1. The summed E-state index contributed by atoms with van der Waals surface area (Å²) in [5.74, 6) is -0.223. The van der Waals surface area contributed by atoms with Crippen molar-refractivity contribution in [3.63, 3.8) is 0 Å². The normalized spacial score (nSPS) is 19.6. The smallest absolute Gasteiger partial charge is 0.301 e. The number of rotatable bonds is 7. The van der Waals surface area contributed by atoms with Crippen molar-refractivity contribution in [2.75, 3.05) is 4.90 Å². The molecule has 0 saturated carbocycles. The molecule has 1 N–H and O–H groups in total. The Labute approximate surface area is 240 Å². The third kappa shape index (κ3) is 4.91. The molecule has 0 spiro atoms. The number of amides is 1. The van der Waals surface area contributed by atoms with E-state index in [0.29, 0.717) is 32.8 Å². The third-order valence-electron chi connectivity index (χ3n) is 7.12. The van der Waals surface area contributed by atoms with Gasteiger partial charge in [-0.2, -0.15) is 0 Å². The molecule has 202 valence electrons. The summed E-state index contributed by atoms with van der Waals surface area (Å²) in [6, 6.07) is 22.3. The predicted molar refractivity (Wildman–Crippen MR) is 157 cm³/mol. The molecule has 0 bridgehead atoms. The molecule has 2 aliphatic rings. The molecular formula is C31H27N3O4S2. The van der Waals surface area contributed by atoms with Gasteiger partial charge in [0.15, 0.2) is 4.34 Å². The molecule has 1 aromatic heterocycles. The Balaban J connectivity index is 1.40. The van der Waals surface area contributed by atoms with Gasteiger partial charge in [-0.15, -0.1) is 10.2 Å². The SMILES string of the molecule is CCc1ccc(C2/C(=C(\O)c3ccc4c(c3)CC(C)O4)C(=O)C(=O)N2c2nnc(SCc3ccccc3)s2)cc1. The minimum atomic E-state index is -0.839. The minimum Gasteiger partial charge on any atom is -0.507 e. The largest absolute Gasteiger partial charge is 0.507 e. The van der Waals surface area contributed by atoms with Crippen molar-refractivity contribution >= 4 is 45.7 Å². The van der Waals surface area contributed by atoms with Gasteiger partial charge < -0.3 is 9.84 Å². The van der Waals surface area contributed by atoms with Gasteiger partial charge in [0, 0.05) is 17.7 Å². The molecule has 4 aromatic rings. The molecule has 0 aliphatic carbocycles. The maximum absolute atomic E-state index is 13.5. The summed E-state index contributed by atoms with van der Waals surface area (Å²) in [5.41, 5.74) is 4.46. The molecule has 3 heterocycles. The number of aryl methyl sites for hydroxylation is 1. The molecule has 1 saturated heterocycles. The molecule has 9 heteroatoms. The Morgan fingerprint density at radius 2 is 1.82 bits per heavy atom. The van der Waals surface area contributed by atoms with E-state index in [2.05, 4.69) is 17.1 Å². The fourth-order valence-electron chi connectivity index (χ4n) is 5.08. The van der Waals surface area contributed by atoms with Crippen LogP contribution < -0.4 is 9.64 Å². The van der Waals surface area contributed by atoms with E-state index in [0.717, 1.165) is 28.9 Å². The highest BCUT2D eigenvalue weighted by Crippen LogP contribution is 2.44. The fraction of sp³-hybridized carbons (Fsp3) is 0.226. The molecule has 2 atom stereocenters. The number of carbonyl (C=O) groups is 2. The second-order valence-corrected chi connectivity index (χ2v) is 12.0. The highest BCUT2D eigenvalue weighted by atomic mass is 32.2. The van der Waals surface area contributed by atoms with Crippen LogP contribution in [0.15, 0.2) is 82.7 Å². The van der Waals surface area contributed by atoms with Gasteiger partial charge in [-0.05, 0) is 53.8 Å². The zero-order valence-corrected chi connectivity index (χ0v) is 23.7. The van der Waals surface area contributed by atoms with Crippen LogP contribution in [0.5, 0.6) is 5.75 Å². The molecular weight excluding hydrogens is 542 g/mol. The quantitative estimate of drug-likeness (QED) is 0.0912. The summed E-state index contributed by atoms with van der Waals surface area (Å²) in [6.45, 7) is 4.05. The zero-order chi connectivity index (χ0) is 27.8. The number of fused-ring (bicyclic) bond motifs is 1. The van der Waals surface area contributed by atoms with Crippen molar-refractivity contribution in [1.82, 2.24) is 10.2 Å².